The summed E-state index contributed by atoms with van der Waals surface area (Å²) in [6.45, 7) is 5.39. The third kappa shape index (κ3) is 3.34. The van der Waals surface area contributed by atoms with Gasteiger partial charge in [0.15, 0.2) is 0 Å². The highest BCUT2D eigenvalue weighted by atomic mass is 35.5. The number of fused-ring (bicyclic) bond motifs is 1. The number of anilines is 1. The maximum atomic E-state index is 13.4. The molecule has 0 saturated carbocycles. The van der Waals surface area contributed by atoms with Crippen LogP contribution in [0.2, 0.25) is 5.02 Å². The standard InChI is InChI=1S/C15H20ClFN4O/c1-19-4-5-20-6-7-21(10-12(20)9-19)15(22)18-11-2-3-13(16)14(17)8-11/h2-3,8,12H,4-7,9-10H2,1H3,(H,18,22)/t12-/m0/s1. The first-order valence-corrected chi connectivity index (χ1v) is 7.84. The van der Waals surface area contributed by atoms with E-state index in [0.717, 1.165) is 26.2 Å². The van der Waals surface area contributed by atoms with Gasteiger partial charge in [-0.2, -0.15) is 0 Å². The number of nitrogens with zero attached hydrogens (tertiary/aromatic N) is 3. The summed E-state index contributed by atoms with van der Waals surface area (Å²) in [6.07, 6.45) is 0. The number of hydrogen-bond donors (Lipinski definition) is 1. The van der Waals surface area contributed by atoms with Gasteiger partial charge in [-0.25, -0.2) is 9.18 Å². The Morgan fingerprint density at radius 3 is 2.82 bits per heavy atom. The molecule has 7 heteroatoms. The second kappa shape index (κ2) is 6.40. The highest BCUT2D eigenvalue weighted by molar-refractivity contribution is 6.30. The second-order valence-corrected chi connectivity index (χ2v) is 6.36. The lowest BCUT2D eigenvalue weighted by Gasteiger charge is -2.46. The molecular weight excluding hydrogens is 307 g/mol. The number of likely N-dealkylation sites (N-methyl/N-ethyl adjacent to an activating group) is 1. The number of carbonyl (C=O) groups is 1. The molecular formula is C15H20ClFN4O. The number of benzene rings is 1. The predicted octanol–water partition coefficient (Wildman–Crippen LogP) is 1.94. The molecule has 2 heterocycles. The maximum absolute atomic E-state index is 13.4. The van der Waals surface area contributed by atoms with Crippen LogP contribution in [0.5, 0.6) is 0 Å². The van der Waals surface area contributed by atoms with E-state index in [9.17, 15) is 9.18 Å². The van der Waals surface area contributed by atoms with Gasteiger partial charge in [-0.1, -0.05) is 11.6 Å². The van der Waals surface area contributed by atoms with E-state index in [2.05, 4.69) is 22.2 Å². The van der Waals surface area contributed by atoms with Crippen molar-refractivity contribution in [2.24, 2.45) is 0 Å². The van der Waals surface area contributed by atoms with Crippen molar-refractivity contribution in [3.05, 3.63) is 29.0 Å². The first kappa shape index (κ1) is 15.5. The fourth-order valence-corrected chi connectivity index (χ4v) is 3.19. The molecule has 1 atom stereocenters. The highest BCUT2D eigenvalue weighted by Crippen LogP contribution is 2.20. The molecule has 0 radical (unpaired) electrons. The zero-order valence-electron chi connectivity index (χ0n) is 12.6. The quantitative estimate of drug-likeness (QED) is 0.857. The van der Waals surface area contributed by atoms with E-state index in [-0.39, 0.29) is 11.1 Å². The molecule has 0 bridgehead atoms. The summed E-state index contributed by atoms with van der Waals surface area (Å²) < 4.78 is 13.4. The Morgan fingerprint density at radius 2 is 2.05 bits per heavy atom. The van der Waals surface area contributed by atoms with Gasteiger partial charge in [0.05, 0.1) is 5.02 Å². The summed E-state index contributed by atoms with van der Waals surface area (Å²) in [7, 11) is 2.10. The van der Waals surface area contributed by atoms with Crippen LogP contribution in [0.4, 0.5) is 14.9 Å². The van der Waals surface area contributed by atoms with Gasteiger partial charge in [-0.15, -0.1) is 0 Å². The van der Waals surface area contributed by atoms with Crippen molar-refractivity contribution in [1.29, 1.82) is 0 Å². The molecule has 0 unspecified atom stereocenters. The number of halogens is 2. The Morgan fingerprint density at radius 1 is 1.27 bits per heavy atom. The van der Waals surface area contributed by atoms with Crippen molar-refractivity contribution >= 4 is 23.3 Å². The zero-order chi connectivity index (χ0) is 15.7. The summed E-state index contributed by atoms with van der Waals surface area (Å²) in [5.41, 5.74) is 0.426. The van der Waals surface area contributed by atoms with Gasteiger partial charge >= 0.3 is 6.03 Å². The van der Waals surface area contributed by atoms with Crippen LogP contribution in [0.25, 0.3) is 0 Å². The molecule has 1 aromatic rings. The van der Waals surface area contributed by atoms with Crippen LogP contribution in [-0.2, 0) is 0 Å². The smallest absolute Gasteiger partial charge is 0.321 e. The molecule has 2 aliphatic heterocycles. The molecule has 2 amide bonds. The molecule has 22 heavy (non-hydrogen) atoms. The normalized spacial score (nSPS) is 23.2. The number of carbonyl (C=O) groups excluding carboxylic acids is 1. The second-order valence-electron chi connectivity index (χ2n) is 5.96. The number of urea groups is 1. The third-order valence-corrected chi connectivity index (χ3v) is 4.66. The lowest BCUT2D eigenvalue weighted by atomic mass is 10.1. The molecule has 1 N–H and O–H groups in total. The van der Waals surface area contributed by atoms with E-state index in [1.807, 2.05) is 0 Å². The summed E-state index contributed by atoms with van der Waals surface area (Å²) in [5.74, 6) is -0.529. The number of rotatable bonds is 1. The van der Waals surface area contributed by atoms with Crippen molar-refractivity contribution in [1.82, 2.24) is 14.7 Å². The molecule has 120 valence electrons. The van der Waals surface area contributed by atoms with Gasteiger partial charge in [-0.3, -0.25) is 4.90 Å². The monoisotopic (exact) mass is 326 g/mol. The van der Waals surface area contributed by atoms with Gasteiger partial charge in [0.25, 0.3) is 0 Å². The van der Waals surface area contributed by atoms with Gasteiger partial charge in [0.1, 0.15) is 5.82 Å². The predicted molar refractivity (Wildman–Crippen MR) is 84.9 cm³/mol. The number of hydrogen-bond acceptors (Lipinski definition) is 3. The Balaban J connectivity index is 1.61. The van der Waals surface area contributed by atoms with Crippen molar-refractivity contribution < 1.29 is 9.18 Å². The third-order valence-electron chi connectivity index (χ3n) is 4.35. The SMILES string of the molecule is CN1CCN2CCN(C(=O)Nc3ccc(Cl)c(F)c3)C[C@@H]2C1. The van der Waals surface area contributed by atoms with Gasteiger partial charge in [-0.05, 0) is 25.2 Å². The number of amides is 2. The van der Waals surface area contributed by atoms with Crippen molar-refractivity contribution in [3.63, 3.8) is 0 Å². The Kier molecular flexibility index (Phi) is 4.52. The summed E-state index contributed by atoms with van der Waals surface area (Å²) in [5, 5.41) is 2.80. The largest absolute Gasteiger partial charge is 0.322 e. The summed E-state index contributed by atoms with van der Waals surface area (Å²) >= 11 is 5.65. The molecule has 1 aromatic carbocycles. The van der Waals surface area contributed by atoms with E-state index in [1.165, 1.54) is 12.1 Å². The summed E-state index contributed by atoms with van der Waals surface area (Å²) in [4.78, 5) is 18.9. The van der Waals surface area contributed by atoms with Crippen molar-refractivity contribution in [2.45, 2.75) is 6.04 Å². The fraction of sp³-hybridized carbons (Fsp3) is 0.533. The van der Waals surface area contributed by atoms with E-state index < -0.39 is 5.82 Å². The first-order chi connectivity index (χ1) is 10.5. The van der Waals surface area contributed by atoms with E-state index in [1.54, 1.807) is 11.0 Å². The Labute approximate surface area is 134 Å². The zero-order valence-corrected chi connectivity index (χ0v) is 13.3. The van der Waals surface area contributed by atoms with Gasteiger partial charge in [0, 0.05) is 51.0 Å². The van der Waals surface area contributed by atoms with E-state index in [4.69, 9.17) is 11.6 Å². The maximum Gasteiger partial charge on any atom is 0.321 e. The Hall–Kier alpha value is -1.37. The van der Waals surface area contributed by atoms with Crippen LogP contribution in [0.15, 0.2) is 18.2 Å². The van der Waals surface area contributed by atoms with Crippen LogP contribution < -0.4 is 5.32 Å². The van der Waals surface area contributed by atoms with Crippen LogP contribution in [-0.4, -0.2) is 73.1 Å². The van der Waals surface area contributed by atoms with E-state index >= 15 is 0 Å². The number of nitrogens with one attached hydrogen (secondary N) is 1. The van der Waals surface area contributed by atoms with E-state index in [0.29, 0.717) is 24.8 Å². The molecule has 0 spiro atoms. The topological polar surface area (TPSA) is 38.8 Å². The molecule has 2 aliphatic rings. The first-order valence-electron chi connectivity index (χ1n) is 7.46. The molecule has 0 aliphatic carbocycles. The highest BCUT2D eigenvalue weighted by Gasteiger charge is 2.32. The average molecular weight is 327 g/mol. The van der Waals surface area contributed by atoms with Crippen molar-refractivity contribution in [2.75, 3.05) is 51.6 Å². The molecule has 2 saturated heterocycles. The van der Waals surface area contributed by atoms with Crippen LogP contribution in [0.1, 0.15) is 0 Å². The molecule has 0 aromatic heterocycles. The van der Waals surface area contributed by atoms with Crippen LogP contribution in [0.3, 0.4) is 0 Å². The van der Waals surface area contributed by atoms with Gasteiger partial charge in [0.2, 0.25) is 0 Å². The minimum absolute atomic E-state index is 0.0526. The summed E-state index contributed by atoms with van der Waals surface area (Å²) in [6, 6.07) is 4.48. The van der Waals surface area contributed by atoms with Gasteiger partial charge < -0.3 is 15.1 Å². The average Bonchev–Trinajstić information content (AvgIpc) is 2.50. The molecule has 2 fully saturated rings. The lowest BCUT2D eigenvalue weighted by molar-refractivity contribution is 0.0353. The van der Waals surface area contributed by atoms with Crippen molar-refractivity contribution in [3.8, 4) is 0 Å². The lowest BCUT2D eigenvalue weighted by Crippen LogP contribution is -2.62. The Bertz CT molecular complexity index is 570. The molecule has 5 nitrogen and oxygen atoms in total. The van der Waals surface area contributed by atoms with Crippen LogP contribution >= 0.6 is 11.6 Å². The minimum Gasteiger partial charge on any atom is -0.322 e. The van der Waals surface area contributed by atoms with Crippen LogP contribution in [0, 0.1) is 5.82 Å². The molecule has 3 rings (SSSR count). The minimum atomic E-state index is -0.529. The fourth-order valence-electron chi connectivity index (χ4n) is 3.07. The number of piperazine rings is 2.